The minimum Gasteiger partial charge on any atom is -0.352 e. The molecule has 0 aromatic carbocycles. The molecule has 2 heterocycles. The second-order valence-corrected chi connectivity index (χ2v) is 8.16. The summed E-state index contributed by atoms with van der Waals surface area (Å²) in [5.74, 6) is 1.50. The largest absolute Gasteiger partial charge is 0.352 e. The highest BCUT2D eigenvalue weighted by atomic mass is 16.2. The molecule has 2 aliphatic heterocycles. The van der Waals surface area contributed by atoms with Crippen molar-refractivity contribution in [3.63, 3.8) is 0 Å². The van der Waals surface area contributed by atoms with Crippen LogP contribution in [0.5, 0.6) is 0 Å². The molecule has 1 saturated carbocycles. The molecule has 142 valence electrons. The van der Waals surface area contributed by atoms with E-state index < -0.39 is 0 Å². The van der Waals surface area contributed by atoms with E-state index in [0.29, 0.717) is 24.3 Å². The van der Waals surface area contributed by atoms with E-state index in [1.54, 1.807) is 0 Å². The molecule has 6 nitrogen and oxygen atoms in total. The standard InChI is InChI=1S/C19H34N4O2/c1-14(16-4-3-7-20-13-16)12-18(24)23-10-8-22(9-11-23)15(2)19(25)21-17-5-6-17/h14-17,20H,3-13H2,1-2H3,(H,21,25). The monoisotopic (exact) mass is 350 g/mol. The summed E-state index contributed by atoms with van der Waals surface area (Å²) in [6, 6.07) is 0.318. The smallest absolute Gasteiger partial charge is 0.237 e. The SMILES string of the molecule is CC(CC(=O)N1CCN(C(C)C(=O)NC2CC2)CC1)C1CCCNC1. The summed E-state index contributed by atoms with van der Waals surface area (Å²) in [5, 5.41) is 6.53. The molecule has 0 bridgehead atoms. The molecule has 0 aromatic heterocycles. The number of hydrogen-bond donors (Lipinski definition) is 2. The van der Waals surface area contributed by atoms with Crippen molar-refractivity contribution in [1.82, 2.24) is 20.4 Å². The third-order valence-corrected chi connectivity index (χ3v) is 6.15. The van der Waals surface area contributed by atoms with Gasteiger partial charge in [-0.3, -0.25) is 14.5 Å². The summed E-state index contributed by atoms with van der Waals surface area (Å²) in [6.07, 6.45) is 5.36. The van der Waals surface area contributed by atoms with Gasteiger partial charge in [-0.05, 0) is 57.5 Å². The van der Waals surface area contributed by atoms with Crippen molar-refractivity contribution >= 4 is 11.8 Å². The lowest BCUT2D eigenvalue weighted by molar-refractivity contribution is -0.135. The van der Waals surface area contributed by atoms with Crippen molar-refractivity contribution in [3.8, 4) is 0 Å². The van der Waals surface area contributed by atoms with Gasteiger partial charge >= 0.3 is 0 Å². The summed E-state index contributed by atoms with van der Waals surface area (Å²) in [6.45, 7) is 9.45. The maximum atomic E-state index is 12.6. The van der Waals surface area contributed by atoms with Gasteiger partial charge in [-0.2, -0.15) is 0 Å². The third-order valence-electron chi connectivity index (χ3n) is 6.15. The van der Waals surface area contributed by atoms with E-state index in [4.69, 9.17) is 0 Å². The average molecular weight is 351 g/mol. The quantitative estimate of drug-likeness (QED) is 0.745. The fraction of sp³-hybridized carbons (Fsp3) is 0.895. The number of carbonyl (C=O) groups is 2. The van der Waals surface area contributed by atoms with E-state index in [2.05, 4.69) is 22.5 Å². The molecule has 2 N–H and O–H groups in total. The first-order valence-corrected chi connectivity index (χ1v) is 10.1. The van der Waals surface area contributed by atoms with Crippen molar-refractivity contribution in [2.45, 2.75) is 58.0 Å². The first-order valence-electron chi connectivity index (χ1n) is 10.1. The lowest BCUT2D eigenvalue weighted by Crippen LogP contribution is -2.55. The fourth-order valence-electron chi connectivity index (χ4n) is 4.01. The summed E-state index contributed by atoms with van der Waals surface area (Å²) in [5.41, 5.74) is 0. The highest BCUT2D eigenvalue weighted by molar-refractivity contribution is 5.82. The molecule has 3 atom stereocenters. The van der Waals surface area contributed by atoms with Crippen molar-refractivity contribution < 1.29 is 9.59 Å². The average Bonchev–Trinajstić information content (AvgIpc) is 3.45. The number of rotatable bonds is 6. The molecule has 3 unspecified atom stereocenters. The number of piperidine rings is 1. The molecule has 1 aliphatic carbocycles. The van der Waals surface area contributed by atoms with Crippen molar-refractivity contribution in [1.29, 1.82) is 0 Å². The van der Waals surface area contributed by atoms with Crippen LogP contribution in [-0.4, -0.2) is 73.0 Å². The Kier molecular flexibility index (Phi) is 6.34. The van der Waals surface area contributed by atoms with Gasteiger partial charge in [0.2, 0.25) is 11.8 Å². The molecule has 3 aliphatic rings. The number of nitrogens with zero attached hydrogens (tertiary/aromatic N) is 2. The van der Waals surface area contributed by atoms with Crippen molar-refractivity contribution in [3.05, 3.63) is 0 Å². The van der Waals surface area contributed by atoms with Crippen LogP contribution >= 0.6 is 0 Å². The molecule has 3 fully saturated rings. The minimum atomic E-state index is -0.0925. The van der Waals surface area contributed by atoms with Gasteiger partial charge in [0.25, 0.3) is 0 Å². The highest BCUT2D eigenvalue weighted by Crippen LogP contribution is 2.24. The molecular weight excluding hydrogens is 316 g/mol. The molecular formula is C19H34N4O2. The van der Waals surface area contributed by atoms with Crippen molar-refractivity contribution in [2.24, 2.45) is 11.8 Å². The van der Waals surface area contributed by atoms with Gasteiger partial charge in [-0.15, -0.1) is 0 Å². The van der Waals surface area contributed by atoms with Gasteiger partial charge in [0.1, 0.15) is 0 Å². The Balaban J connectivity index is 1.40. The predicted octanol–water partition coefficient (Wildman–Crippen LogP) is 0.824. The topological polar surface area (TPSA) is 64.7 Å². The van der Waals surface area contributed by atoms with Crippen LogP contribution in [0.15, 0.2) is 0 Å². The van der Waals surface area contributed by atoms with Crippen LogP contribution in [0, 0.1) is 11.8 Å². The Bertz CT molecular complexity index is 466. The summed E-state index contributed by atoms with van der Waals surface area (Å²) in [4.78, 5) is 29.0. The molecule has 3 rings (SSSR count). The third kappa shape index (κ3) is 5.17. The van der Waals surface area contributed by atoms with Crippen LogP contribution in [-0.2, 0) is 9.59 Å². The van der Waals surface area contributed by atoms with Crippen LogP contribution in [0.4, 0.5) is 0 Å². The van der Waals surface area contributed by atoms with E-state index in [1.807, 2.05) is 11.8 Å². The van der Waals surface area contributed by atoms with E-state index in [0.717, 1.165) is 52.1 Å². The minimum absolute atomic E-state index is 0.0925. The molecule has 0 aromatic rings. The molecule has 0 spiro atoms. The normalized spacial score (nSPS) is 27.6. The van der Waals surface area contributed by atoms with Crippen LogP contribution in [0.3, 0.4) is 0 Å². The lowest BCUT2D eigenvalue weighted by atomic mass is 9.85. The lowest BCUT2D eigenvalue weighted by Gasteiger charge is -2.38. The van der Waals surface area contributed by atoms with E-state index in [-0.39, 0.29) is 17.9 Å². The van der Waals surface area contributed by atoms with E-state index in [9.17, 15) is 9.59 Å². The zero-order valence-electron chi connectivity index (χ0n) is 15.8. The van der Waals surface area contributed by atoms with Crippen LogP contribution < -0.4 is 10.6 Å². The first-order chi connectivity index (χ1) is 12.0. The second kappa shape index (κ2) is 8.49. The number of carbonyl (C=O) groups excluding carboxylic acids is 2. The fourth-order valence-corrected chi connectivity index (χ4v) is 4.01. The Hall–Kier alpha value is -1.14. The summed E-state index contributed by atoms with van der Waals surface area (Å²) >= 11 is 0. The zero-order chi connectivity index (χ0) is 17.8. The Morgan fingerprint density at radius 2 is 1.84 bits per heavy atom. The molecule has 2 amide bonds. The number of amides is 2. The van der Waals surface area contributed by atoms with E-state index in [1.165, 1.54) is 12.8 Å². The first kappa shape index (κ1) is 18.6. The number of piperazine rings is 1. The second-order valence-electron chi connectivity index (χ2n) is 8.16. The van der Waals surface area contributed by atoms with Crippen molar-refractivity contribution in [2.75, 3.05) is 39.3 Å². The zero-order valence-corrected chi connectivity index (χ0v) is 15.8. The summed E-state index contributed by atoms with van der Waals surface area (Å²) in [7, 11) is 0. The highest BCUT2D eigenvalue weighted by Gasteiger charge is 2.31. The maximum absolute atomic E-state index is 12.6. The maximum Gasteiger partial charge on any atom is 0.237 e. The van der Waals surface area contributed by atoms with Crippen LogP contribution in [0.1, 0.15) is 46.0 Å². The Morgan fingerprint density at radius 3 is 2.44 bits per heavy atom. The van der Waals surface area contributed by atoms with Gasteiger partial charge < -0.3 is 15.5 Å². The van der Waals surface area contributed by atoms with Gasteiger partial charge in [0, 0.05) is 38.6 Å². The molecule has 25 heavy (non-hydrogen) atoms. The molecule has 0 radical (unpaired) electrons. The number of nitrogens with one attached hydrogen (secondary N) is 2. The Labute approximate surface area is 151 Å². The van der Waals surface area contributed by atoms with Gasteiger partial charge in [-0.25, -0.2) is 0 Å². The van der Waals surface area contributed by atoms with Gasteiger partial charge in [0.05, 0.1) is 6.04 Å². The van der Waals surface area contributed by atoms with E-state index >= 15 is 0 Å². The Morgan fingerprint density at radius 1 is 1.12 bits per heavy atom. The predicted molar refractivity (Wildman–Crippen MR) is 98.2 cm³/mol. The summed E-state index contributed by atoms with van der Waals surface area (Å²) < 4.78 is 0. The van der Waals surface area contributed by atoms with Crippen LogP contribution in [0.2, 0.25) is 0 Å². The molecule has 2 saturated heterocycles. The number of hydrogen-bond acceptors (Lipinski definition) is 4. The van der Waals surface area contributed by atoms with Gasteiger partial charge in [-0.1, -0.05) is 6.92 Å². The van der Waals surface area contributed by atoms with Gasteiger partial charge in [0.15, 0.2) is 0 Å². The van der Waals surface area contributed by atoms with Crippen LogP contribution in [0.25, 0.3) is 0 Å². The molecule has 6 heteroatoms.